The molecule has 0 unspecified atom stereocenters. The number of carbonyl (C=O) groups excluding carboxylic acids is 1. The Balaban J connectivity index is 1.21. The number of amides is 1. The summed E-state index contributed by atoms with van der Waals surface area (Å²) >= 11 is 1.62. The quantitative estimate of drug-likeness (QED) is 0.493. The summed E-state index contributed by atoms with van der Waals surface area (Å²) in [6.07, 6.45) is 3.49. The molecule has 0 spiro atoms. The molecule has 2 aromatic carbocycles. The van der Waals surface area contributed by atoms with Crippen molar-refractivity contribution in [1.82, 2.24) is 19.4 Å². The van der Waals surface area contributed by atoms with Crippen LogP contribution in [-0.4, -0.2) is 44.5 Å². The number of para-hydroxylation sites is 2. The molecule has 0 radical (unpaired) electrons. The van der Waals surface area contributed by atoms with Gasteiger partial charge in [0.05, 0.1) is 27.6 Å². The molecule has 0 N–H and O–H groups in total. The molecule has 1 fully saturated rings. The Labute approximate surface area is 179 Å². The Hall–Kier alpha value is -2.93. The van der Waals surface area contributed by atoms with E-state index in [0.717, 1.165) is 34.6 Å². The first-order valence-corrected chi connectivity index (χ1v) is 11.1. The van der Waals surface area contributed by atoms with Crippen LogP contribution < -0.4 is 4.74 Å². The fourth-order valence-corrected chi connectivity index (χ4v) is 5.07. The van der Waals surface area contributed by atoms with Crippen molar-refractivity contribution < 1.29 is 9.53 Å². The zero-order chi connectivity index (χ0) is 20.7. The van der Waals surface area contributed by atoms with E-state index in [-0.39, 0.29) is 12.0 Å². The van der Waals surface area contributed by atoms with Crippen molar-refractivity contribution >= 4 is 38.5 Å². The summed E-state index contributed by atoms with van der Waals surface area (Å²) in [6, 6.07) is 12.1. The van der Waals surface area contributed by atoms with Gasteiger partial charge in [-0.05, 0) is 37.1 Å². The molecule has 0 atom stereocenters. The van der Waals surface area contributed by atoms with Gasteiger partial charge in [-0.15, -0.1) is 0 Å². The van der Waals surface area contributed by atoms with Gasteiger partial charge in [-0.1, -0.05) is 35.6 Å². The summed E-state index contributed by atoms with van der Waals surface area (Å²) in [5.74, 6) is 0.128. The number of ether oxygens (including phenoxy) is 1. The van der Waals surface area contributed by atoms with E-state index in [1.165, 1.54) is 15.8 Å². The van der Waals surface area contributed by atoms with E-state index in [1.54, 1.807) is 17.7 Å². The minimum Gasteiger partial charge on any atom is -0.467 e. The molecule has 1 aliphatic rings. The summed E-state index contributed by atoms with van der Waals surface area (Å²) in [5, 5.41) is 0.733. The highest BCUT2D eigenvalue weighted by molar-refractivity contribution is 7.20. The topological polar surface area (TPSA) is 60.2 Å². The van der Waals surface area contributed by atoms with E-state index in [2.05, 4.69) is 31.0 Å². The highest BCUT2D eigenvalue weighted by Gasteiger charge is 2.25. The number of likely N-dealkylation sites (tertiary alicyclic amines) is 1. The Morgan fingerprint density at radius 1 is 1.13 bits per heavy atom. The van der Waals surface area contributed by atoms with E-state index in [4.69, 9.17) is 9.72 Å². The van der Waals surface area contributed by atoms with E-state index in [1.807, 2.05) is 33.7 Å². The first-order chi connectivity index (χ1) is 14.6. The van der Waals surface area contributed by atoms with Crippen LogP contribution in [0.4, 0.5) is 0 Å². The van der Waals surface area contributed by atoms with Gasteiger partial charge in [0, 0.05) is 25.9 Å². The number of rotatable bonds is 4. The Morgan fingerprint density at radius 3 is 2.70 bits per heavy atom. The van der Waals surface area contributed by atoms with Crippen molar-refractivity contribution in [3.8, 4) is 5.19 Å². The molecule has 0 saturated carbocycles. The van der Waals surface area contributed by atoms with Crippen molar-refractivity contribution in [1.29, 1.82) is 0 Å². The molecule has 154 valence electrons. The first kappa shape index (κ1) is 19.1. The minimum atomic E-state index is 0.101. The van der Waals surface area contributed by atoms with Gasteiger partial charge >= 0.3 is 0 Å². The van der Waals surface area contributed by atoms with Crippen LogP contribution in [0.25, 0.3) is 21.3 Å². The number of thiazole rings is 1. The summed E-state index contributed by atoms with van der Waals surface area (Å²) < 4.78 is 9.32. The molecule has 1 aliphatic heterocycles. The first-order valence-electron chi connectivity index (χ1n) is 10.3. The minimum absolute atomic E-state index is 0.101. The van der Waals surface area contributed by atoms with E-state index >= 15 is 0 Å². The summed E-state index contributed by atoms with van der Waals surface area (Å²) in [5.41, 5.74) is 5.35. The lowest BCUT2D eigenvalue weighted by Crippen LogP contribution is -2.43. The number of benzene rings is 2. The number of carbonyl (C=O) groups is 1. The van der Waals surface area contributed by atoms with Crippen LogP contribution in [-0.2, 0) is 11.3 Å². The van der Waals surface area contributed by atoms with Crippen molar-refractivity contribution in [3.63, 3.8) is 0 Å². The number of fused-ring (bicyclic) bond motifs is 2. The van der Waals surface area contributed by atoms with Gasteiger partial charge in [-0.25, -0.2) is 9.97 Å². The fraction of sp³-hybridized carbons (Fsp3) is 0.348. The molecule has 0 aliphatic carbocycles. The van der Waals surface area contributed by atoms with Crippen LogP contribution in [0.5, 0.6) is 5.19 Å². The largest absolute Gasteiger partial charge is 0.467 e. The van der Waals surface area contributed by atoms with E-state index in [9.17, 15) is 4.79 Å². The SMILES string of the molecule is Cc1ccc(C)c2sc(OC3CCN(C(=O)Cn4cnc5ccccc54)CC3)nc12. The number of hydrogen-bond acceptors (Lipinski definition) is 5. The standard InChI is InChI=1S/C23H24N4O2S/c1-15-7-8-16(2)22-21(15)25-23(30-22)29-17-9-11-26(12-10-17)20(28)13-27-14-24-18-5-3-4-6-19(18)27/h3-8,14,17H,9-13H2,1-2H3. The second-order valence-electron chi connectivity index (χ2n) is 7.92. The smallest absolute Gasteiger partial charge is 0.274 e. The average molecular weight is 421 g/mol. The van der Waals surface area contributed by atoms with Crippen LogP contribution in [0.2, 0.25) is 0 Å². The number of nitrogens with zero attached hydrogens (tertiary/aromatic N) is 4. The average Bonchev–Trinajstić information content (AvgIpc) is 3.37. The van der Waals surface area contributed by atoms with Gasteiger partial charge in [-0.3, -0.25) is 4.79 Å². The second kappa shape index (κ2) is 7.72. The lowest BCUT2D eigenvalue weighted by atomic mass is 10.1. The van der Waals surface area contributed by atoms with Gasteiger partial charge in [0.2, 0.25) is 5.91 Å². The predicted molar refractivity (Wildman–Crippen MR) is 119 cm³/mol. The van der Waals surface area contributed by atoms with Gasteiger partial charge in [0.25, 0.3) is 5.19 Å². The van der Waals surface area contributed by atoms with E-state index < -0.39 is 0 Å². The third kappa shape index (κ3) is 3.54. The predicted octanol–water partition coefficient (Wildman–Crippen LogP) is 4.33. The molecule has 3 heterocycles. The summed E-state index contributed by atoms with van der Waals surface area (Å²) in [4.78, 5) is 23.8. The van der Waals surface area contributed by atoms with Crippen LogP contribution in [0.1, 0.15) is 24.0 Å². The normalized spacial score (nSPS) is 15.2. The molecule has 0 bridgehead atoms. The molecule has 6 nitrogen and oxygen atoms in total. The molecule has 30 heavy (non-hydrogen) atoms. The zero-order valence-electron chi connectivity index (χ0n) is 17.2. The second-order valence-corrected chi connectivity index (χ2v) is 8.88. The maximum absolute atomic E-state index is 12.8. The van der Waals surface area contributed by atoms with Gasteiger partial charge in [0.15, 0.2) is 0 Å². The molecule has 1 saturated heterocycles. The van der Waals surface area contributed by atoms with Crippen LogP contribution in [0, 0.1) is 13.8 Å². The third-order valence-electron chi connectivity index (χ3n) is 5.82. The number of piperidine rings is 1. The van der Waals surface area contributed by atoms with E-state index in [0.29, 0.717) is 19.6 Å². The van der Waals surface area contributed by atoms with Crippen molar-refractivity contribution in [3.05, 3.63) is 53.9 Å². The maximum atomic E-state index is 12.8. The fourth-order valence-electron chi connectivity index (χ4n) is 4.04. The summed E-state index contributed by atoms with van der Waals surface area (Å²) in [6.45, 7) is 5.93. The van der Waals surface area contributed by atoms with Gasteiger partial charge < -0.3 is 14.2 Å². The highest BCUT2D eigenvalue weighted by Crippen LogP contribution is 2.33. The molecular weight excluding hydrogens is 396 g/mol. The lowest BCUT2D eigenvalue weighted by Gasteiger charge is -2.31. The molecule has 2 aromatic heterocycles. The maximum Gasteiger partial charge on any atom is 0.274 e. The highest BCUT2D eigenvalue weighted by atomic mass is 32.1. The van der Waals surface area contributed by atoms with Gasteiger partial charge in [-0.2, -0.15) is 0 Å². The summed E-state index contributed by atoms with van der Waals surface area (Å²) in [7, 11) is 0. The Bertz CT molecular complexity index is 1180. The molecule has 1 amide bonds. The van der Waals surface area contributed by atoms with Crippen LogP contribution in [0.15, 0.2) is 42.7 Å². The molecule has 5 rings (SSSR count). The van der Waals surface area contributed by atoms with Crippen LogP contribution >= 0.6 is 11.3 Å². The van der Waals surface area contributed by atoms with Crippen LogP contribution in [0.3, 0.4) is 0 Å². The number of aromatic nitrogens is 3. The molecule has 4 aromatic rings. The van der Waals surface area contributed by atoms with Crippen molar-refractivity contribution in [2.75, 3.05) is 13.1 Å². The monoisotopic (exact) mass is 420 g/mol. The third-order valence-corrected chi connectivity index (χ3v) is 6.90. The molecular formula is C23H24N4O2S. The van der Waals surface area contributed by atoms with Crippen molar-refractivity contribution in [2.45, 2.75) is 39.3 Å². The van der Waals surface area contributed by atoms with Gasteiger partial charge in [0.1, 0.15) is 12.6 Å². The zero-order valence-corrected chi connectivity index (χ0v) is 18.0. The lowest BCUT2D eigenvalue weighted by molar-refractivity contribution is -0.133. The number of imidazole rings is 1. The molecule has 7 heteroatoms. The number of aryl methyl sites for hydroxylation is 2. The Kier molecular flexibility index (Phi) is 4.90. The Morgan fingerprint density at radius 2 is 1.90 bits per heavy atom. The number of hydrogen-bond donors (Lipinski definition) is 0. The van der Waals surface area contributed by atoms with Crippen molar-refractivity contribution in [2.24, 2.45) is 0 Å².